The lowest BCUT2D eigenvalue weighted by Gasteiger charge is -2.39. The number of nitrogens with one attached hydrogen (secondary N) is 1. The van der Waals surface area contributed by atoms with Crippen LogP contribution in [-0.4, -0.2) is 22.5 Å². The van der Waals surface area contributed by atoms with Gasteiger partial charge in [0.15, 0.2) is 5.84 Å². The van der Waals surface area contributed by atoms with Crippen molar-refractivity contribution in [2.24, 2.45) is 21.7 Å². The number of hydrogen-bond donors (Lipinski definition) is 3. The zero-order valence-electron chi connectivity index (χ0n) is 14.1. The summed E-state index contributed by atoms with van der Waals surface area (Å²) in [6.07, 6.45) is 5.13. The summed E-state index contributed by atoms with van der Waals surface area (Å²) in [5.74, 6) is -0.0574. The number of rotatable bonds is 4. The summed E-state index contributed by atoms with van der Waals surface area (Å²) in [6, 6.07) is 0. The van der Waals surface area contributed by atoms with Gasteiger partial charge in [0.2, 0.25) is 5.91 Å². The minimum absolute atomic E-state index is 0.0475. The Morgan fingerprint density at radius 3 is 2.14 bits per heavy atom. The molecular formula is C16H31N3O2. The van der Waals surface area contributed by atoms with Crippen molar-refractivity contribution in [3.8, 4) is 0 Å². The van der Waals surface area contributed by atoms with E-state index in [-0.39, 0.29) is 22.7 Å². The molecule has 0 bridgehead atoms. The lowest BCUT2D eigenvalue weighted by atomic mass is 9.71. The molecule has 0 radical (unpaired) electrons. The number of nitrogens with zero attached hydrogens (tertiary/aromatic N) is 1. The van der Waals surface area contributed by atoms with Gasteiger partial charge < -0.3 is 16.3 Å². The lowest BCUT2D eigenvalue weighted by Crippen LogP contribution is -2.56. The summed E-state index contributed by atoms with van der Waals surface area (Å²) in [4.78, 5) is 12.8. The minimum Gasteiger partial charge on any atom is -0.409 e. The summed E-state index contributed by atoms with van der Waals surface area (Å²) in [5.41, 5.74) is 4.82. The predicted molar refractivity (Wildman–Crippen MR) is 85.2 cm³/mol. The van der Waals surface area contributed by atoms with Gasteiger partial charge in [-0.2, -0.15) is 0 Å². The van der Waals surface area contributed by atoms with Crippen LogP contribution in [0.5, 0.6) is 0 Å². The summed E-state index contributed by atoms with van der Waals surface area (Å²) in [5, 5.41) is 15.3. The molecule has 0 aliphatic heterocycles. The number of oxime groups is 1. The van der Waals surface area contributed by atoms with Crippen LogP contribution in [0.4, 0.5) is 0 Å². The minimum atomic E-state index is -0.845. The first-order chi connectivity index (χ1) is 9.52. The Labute approximate surface area is 128 Å². The highest BCUT2D eigenvalue weighted by Gasteiger charge is 2.45. The first-order valence-corrected chi connectivity index (χ1v) is 7.83. The zero-order valence-corrected chi connectivity index (χ0v) is 14.1. The molecule has 122 valence electrons. The second-order valence-corrected chi connectivity index (χ2v) is 8.20. The normalized spacial score (nSPS) is 20.1. The highest BCUT2D eigenvalue weighted by molar-refractivity contribution is 6.07. The van der Waals surface area contributed by atoms with E-state index < -0.39 is 5.41 Å². The first kappa shape index (κ1) is 17.8. The zero-order chi connectivity index (χ0) is 16.3. The molecule has 0 aromatic heterocycles. The van der Waals surface area contributed by atoms with Crippen LogP contribution < -0.4 is 11.1 Å². The molecule has 1 fully saturated rings. The van der Waals surface area contributed by atoms with Crippen LogP contribution in [-0.2, 0) is 4.79 Å². The fourth-order valence-corrected chi connectivity index (χ4v) is 3.65. The van der Waals surface area contributed by atoms with E-state index in [2.05, 4.69) is 31.2 Å². The number of amides is 1. The molecule has 4 N–H and O–H groups in total. The molecule has 1 aliphatic carbocycles. The molecule has 21 heavy (non-hydrogen) atoms. The van der Waals surface area contributed by atoms with E-state index in [9.17, 15) is 4.79 Å². The third-order valence-electron chi connectivity index (χ3n) is 4.16. The topological polar surface area (TPSA) is 87.7 Å². The van der Waals surface area contributed by atoms with E-state index in [0.717, 1.165) is 25.7 Å². The fraction of sp³-hybridized carbons (Fsp3) is 0.875. The van der Waals surface area contributed by atoms with Crippen molar-refractivity contribution in [1.29, 1.82) is 0 Å². The molecule has 1 saturated carbocycles. The van der Waals surface area contributed by atoms with Crippen molar-refractivity contribution in [1.82, 2.24) is 5.32 Å². The Morgan fingerprint density at radius 2 is 1.71 bits per heavy atom. The number of hydrogen-bond acceptors (Lipinski definition) is 3. The molecule has 5 nitrogen and oxygen atoms in total. The molecule has 1 rings (SSSR count). The van der Waals surface area contributed by atoms with Gasteiger partial charge in [0, 0.05) is 5.54 Å². The third-order valence-corrected chi connectivity index (χ3v) is 4.16. The Bertz CT molecular complexity index is 402. The highest BCUT2D eigenvalue weighted by atomic mass is 16.4. The maximum Gasteiger partial charge on any atom is 0.234 e. The number of nitrogens with two attached hydrogens (primary N) is 1. The maximum absolute atomic E-state index is 12.8. The van der Waals surface area contributed by atoms with Gasteiger partial charge in [-0.25, -0.2) is 0 Å². The van der Waals surface area contributed by atoms with Crippen LogP contribution in [0.2, 0.25) is 0 Å². The van der Waals surface area contributed by atoms with Crippen LogP contribution in [0, 0.1) is 10.8 Å². The first-order valence-electron chi connectivity index (χ1n) is 7.83. The van der Waals surface area contributed by atoms with Crippen molar-refractivity contribution in [3.63, 3.8) is 0 Å². The standard InChI is InChI=1S/C16H31N3O2/c1-14(2,3)11-15(4,5)18-13(20)16(12(17)19-21)9-7-6-8-10-16/h21H,6-11H2,1-5H3,(H2,17,19)(H,18,20). The number of carbonyl (C=O) groups excluding carboxylic acids is 1. The number of amidine groups is 1. The van der Waals surface area contributed by atoms with Crippen LogP contribution in [0.25, 0.3) is 0 Å². The molecule has 1 amide bonds. The van der Waals surface area contributed by atoms with Gasteiger partial charge in [-0.15, -0.1) is 0 Å². The van der Waals surface area contributed by atoms with Crippen molar-refractivity contribution in [2.75, 3.05) is 0 Å². The largest absolute Gasteiger partial charge is 0.409 e. The van der Waals surface area contributed by atoms with E-state index in [4.69, 9.17) is 10.9 Å². The van der Waals surface area contributed by atoms with E-state index in [1.165, 1.54) is 0 Å². The van der Waals surface area contributed by atoms with Gasteiger partial charge in [-0.3, -0.25) is 4.79 Å². The van der Waals surface area contributed by atoms with Gasteiger partial charge in [-0.1, -0.05) is 45.2 Å². The highest BCUT2D eigenvalue weighted by Crippen LogP contribution is 2.38. The summed E-state index contributed by atoms with van der Waals surface area (Å²) < 4.78 is 0. The lowest BCUT2D eigenvalue weighted by molar-refractivity contribution is -0.131. The molecule has 1 aliphatic rings. The average Bonchev–Trinajstić information content (AvgIpc) is 2.34. The van der Waals surface area contributed by atoms with Gasteiger partial charge in [-0.05, 0) is 38.5 Å². The molecule has 0 aromatic rings. The second-order valence-electron chi connectivity index (χ2n) is 8.20. The van der Waals surface area contributed by atoms with Crippen molar-refractivity contribution in [2.45, 2.75) is 78.7 Å². The smallest absolute Gasteiger partial charge is 0.234 e. The SMILES string of the molecule is CC(C)(C)CC(C)(C)NC(=O)C1(C(N)=NO)CCCCC1. The Morgan fingerprint density at radius 1 is 1.19 bits per heavy atom. The summed E-state index contributed by atoms with van der Waals surface area (Å²) in [6.45, 7) is 10.5. The van der Waals surface area contributed by atoms with Gasteiger partial charge >= 0.3 is 0 Å². The monoisotopic (exact) mass is 297 g/mol. The van der Waals surface area contributed by atoms with E-state index in [1.54, 1.807) is 0 Å². The predicted octanol–water partition coefficient (Wildman–Crippen LogP) is 3.01. The van der Waals surface area contributed by atoms with Crippen molar-refractivity contribution < 1.29 is 10.0 Å². The third kappa shape index (κ3) is 4.61. The van der Waals surface area contributed by atoms with Crippen molar-refractivity contribution in [3.05, 3.63) is 0 Å². The van der Waals surface area contributed by atoms with Crippen molar-refractivity contribution >= 4 is 11.7 Å². The molecule has 0 saturated heterocycles. The van der Waals surface area contributed by atoms with Crippen LogP contribution in [0.3, 0.4) is 0 Å². The average molecular weight is 297 g/mol. The molecule has 0 atom stereocenters. The molecular weight excluding hydrogens is 266 g/mol. The van der Waals surface area contributed by atoms with Crippen LogP contribution >= 0.6 is 0 Å². The summed E-state index contributed by atoms with van der Waals surface area (Å²) in [7, 11) is 0. The molecule has 0 heterocycles. The van der Waals surface area contributed by atoms with Gasteiger partial charge in [0.05, 0.1) is 0 Å². The Balaban J connectivity index is 2.92. The maximum atomic E-state index is 12.8. The van der Waals surface area contributed by atoms with Gasteiger partial charge in [0.1, 0.15) is 5.41 Å². The molecule has 0 aromatic carbocycles. The molecule has 0 unspecified atom stereocenters. The van der Waals surface area contributed by atoms with E-state index >= 15 is 0 Å². The quantitative estimate of drug-likeness (QED) is 0.322. The Hall–Kier alpha value is -1.26. The second kappa shape index (κ2) is 6.24. The Kier molecular flexibility index (Phi) is 5.29. The van der Waals surface area contributed by atoms with Crippen LogP contribution in [0.15, 0.2) is 5.16 Å². The van der Waals surface area contributed by atoms with Crippen LogP contribution in [0.1, 0.15) is 73.1 Å². The van der Waals surface area contributed by atoms with E-state index in [0.29, 0.717) is 12.8 Å². The number of carbonyl (C=O) groups is 1. The fourth-order valence-electron chi connectivity index (χ4n) is 3.65. The van der Waals surface area contributed by atoms with E-state index in [1.807, 2.05) is 13.8 Å². The van der Waals surface area contributed by atoms with Gasteiger partial charge in [0.25, 0.3) is 0 Å². The molecule has 5 heteroatoms. The molecule has 0 spiro atoms. The summed E-state index contributed by atoms with van der Waals surface area (Å²) >= 11 is 0.